The molecule has 0 spiro atoms. The zero-order valence-corrected chi connectivity index (χ0v) is 23.6. The fourth-order valence-corrected chi connectivity index (χ4v) is 5.45. The van der Waals surface area contributed by atoms with Crippen molar-refractivity contribution >= 4 is 23.6 Å². The van der Waals surface area contributed by atoms with Gasteiger partial charge in [0.15, 0.2) is 0 Å². The smallest absolute Gasteiger partial charge is 0.405 e. The molecular weight excluding hydrogens is 504 g/mol. The Hall–Kier alpha value is -4.20. The largest absolute Gasteiger partial charge is 0.465 e. The molecule has 4 rings (SSSR count). The van der Waals surface area contributed by atoms with Crippen molar-refractivity contribution in [1.29, 1.82) is 0 Å². The fourth-order valence-electron chi connectivity index (χ4n) is 5.45. The second-order valence-corrected chi connectivity index (χ2v) is 11.2. The maximum absolute atomic E-state index is 13.0. The maximum atomic E-state index is 13.0. The van der Waals surface area contributed by atoms with Crippen molar-refractivity contribution in [2.24, 2.45) is 5.92 Å². The molecule has 1 aromatic heterocycles. The Labute approximate surface area is 235 Å². The fraction of sp³-hybridized carbons (Fsp3) is 0.375. The molecule has 3 amide bonds. The van der Waals surface area contributed by atoms with Crippen molar-refractivity contribution in [1.82, 2.24) is 15.2 Å². The number of aromatic nitrogens is 1. The van der Waals surface area contributed by atoms with Gasteiger partial charge in [0.2, 0.25) is 11.8 Å². The van der Waals surface area contributed by atoms with Crippen LogP contribution >= 0.6 is 0 Å². The standard InChI is InChI=1S/C32H38N4O4/c1-21(37)36(4)27-16-10-22(11-17-27)18-29(38)34-26-19-28(23-8-6-5-7-9-23)30(33-20-26)24-12-14-25(15-13-24)32(2,3)35-31(39)40/h5-9,12-15,19-20,22,27,35H,10-11,16-18H2,1-4H3,(H,34,38)(H,39,40)/t22-,27-. The molecule has 210 valence electrons. The number of nitrogens with one attached hydrogen (secondary N) is 2. The Kier molecular flexibility index (Phi) is 8.87. The molecule has 0 unspecified atom stereocenters. The number of pyridine rings is 1. The number of amides is 3. The number of carbonyl (C=O) groups is 3. The number of nitrogens with zero attached hydrogens (tertiary/aromatic N) is 2. The lowest BCUT2D eigenvalue weighted by molar-refractivity contribution is -0.130. The first kappa shape index (κ1) is 28.8. The Bertz CT molecular complexity index is 1350. The Morgan fingerprint density at radius 1 is 0.975 bits per heavy atom. The van der Waals surface area contributed by atoms with Gasteiger partial charge in [0.05, 0.1) is 23.1 Å². The number of rotatable bonds is 8. The summed E-state index contributed by atoms with van der Waals surface area (Å²) in [6, 6.07) is 19.8. The SMILES string of the molecule is CC(=O)N(C)[C@H]1CC[C@H](CC(=O)Nc2cnc(-c3ccc(C(C)(C)NC(=O)O)cc3)c(-c3ccccc3)c2)CC1. The molecule has 3 aromatic rings. The van der Waals surface area contributed by atoms with Crippen LogP contribution in [0.25, 0.3) is 22.4 Å². The van der Waals surface area contributed by atoms with Crippen molar-refractivity contribution in [3.05, 3.63) is 72.4 Å². The van der Waals surface area contributed by atoms with E-state index >= 15 is 0 Å². The van der Waals surface area contributed by atoms with E-state index in [2.05, 4.69) is 10.6 Å². The van der Waals surface area contributed by atoms with Crippen molar-refractivity contribution in [3.63, 3.8) is 0 Å². The highest BCUT2D eigenvalue weighted by atomic mass is 16.4. The highest BCUT2D eigenvalue weighted by Crippen LogP contribution is 2.34. The summed E-state index contributed by atoms with van der Waals surface area (Å²) in [4.78, 5) is 42.4. The molecule has 1 aliphatic carbocycles. The van der Waals surface area contributed by atoms with Crippen LogP contribution in [0, 0.1) is 5.92 Å². The van der Waals surface area contributed by atoms with Gasteiger partial charge < -0.3 is 20.6 Å². The van der Waals surface area contributed by atoms with Gasteiger partial charge in [-0.15, -0.1) is 0 Å². The molecule has 8 heteroatoms. The number of hydrogen-bond acceptors (Lipinski definition) is 4. The van der Waals surface area contributed by atoms with Gasteiger partial charge in [0, 0.05) is 37.6 Å². The van der Waals surface area contributed by atoms with Gasteiger partial charge in [0.25, 0.3) is 0 Å². The van der Waals surface area contributed by atoms with Gasteiger partial charge in [-0.2, -0.15) is 0 Å². The van der Waals surface area contributed by atoms with Crippen LogP contribution in [0.1, 0.15) is 58.4 Å². The van der Waals surface area contributed by atoms with Crippen LogP contribution in [0.15, 0.2) is 66.9 Å². The van der Waals surface area contributed by atoms with Gasteiger partial charge in [-0.05, 0) is 62.6 Å². The third-order valence-corrected chi connectivity index (χ3v) is 7.89. The van der Waals surface area contributed by atoms with Gasteiger partial charge >= 0.3 is 6.09 Å². The van der Waals surface area contributed by atoms with E-state index in [1.54, 1.807) is 13.1 Å². The van der Waals surface area contributed by atoms with E-state index in [4.69, 9.17) is 4.98 Å². The minimum atomic E-state index is -1.08. The van der Waals surface area contributed by atoms with Crippen LogP contribution in [0.5, 0.6) is 0 Å². The minimum Gasteiger partial charge on any atom is -0.465 e. The molecule has 2 aromatic carbocycles. The predicted molar refractivity (Wildman–Crippen MR) is 157 cm³/mol. The molecule has 0 saturated heterocycles. The summed E-state index contributed by atoms with van der Waals surface area (Å²) in [7, 11) is 1.85. The zero-order valence-electron chi connectivity index (χ0n) is 23.6. The Balaban J connectivity index is 1.50. The van der Waals surface area contributed by atoms with E-state index in [-0.39, 0.29) is 17.9 Å². The van der Waals surface area contributed by atoms with Crippen LogP contribution in [-0.2, 0) is 15.1 Å². The number of benzene rings is 2. The molecule has 1 fully saturated rings. The quantitative estimate of drug-likeness (QED) is 0.310. The zero-order chi connectivity index (χ0) is 28.9. The van der Waals surface area contributed by atoms with E-state index in [9.17, 15) is 19.5 Å². The average molecular weight is 543 g/mol. The highest BCUT2D eigenvalue weighted by molar-refractivity contribution is 5.93. The summed E-state index contributed by atoms with van der Waals surface area (Å²) in [6.45, 7) is 5.23. The highest BCUT2D eigenvalue weighted by Gasteiger charge is 2.27. The summed E-state index contributed by atoms with van der Waals surface area (Å²) >= 11 is 0. The third kappa shape index (κ3) is 7.05. The first-order valence-electron chi connectivity index (χ1n) is 13.7. The minimum absolute atomic E-state index is 0.0329. The number of anilines is 1. The second-order valence-electron chi connectivity index (χ2n) is 11.2. The van der Waals surface area contributed by atoms with Crippen molar-refractivity contribution < 1.29 is 19.5 Å². The molecule has 3 N–H and O–H groups in total. The average Bonchev–Trinajstić information content (AvgIpc) is 2.93. The summed E-state index contributed by atoms with van der Waals surface area (Å²) in [5.74, 6) is 0.353. The van der Waals surface area contributed by atoms with Crippen LogP contribution in [0.2, 0.25) is 0 Å². The van der Waals surface area contributed by atoms with Gasteiger partial charge in [-0.25, -0.2) is 4.79 Å². The lowest BCUT2D eigenvalue weighted by atomic mass is 9.83. The topological polar surface area (TPSA) is 112 Å². The van der Waals surface area contributed by atoms with Crippen LogP contribution in [-0.4, -0.2) is 46.0 Å². The molecule has 0 radical (unpaired) electrons. The predicted octanol–water partition coefficient (Wildman–Crippen LogP) is 6.28. The van der Waals surface area contributed by atoms with E-state index in [0.29, 0.717) is 18.0 Å². The van der Waals surface area contributed by atoms with Crippen LogP contribution in [0.4, 0.5) is 10.5 Å². The summed E-state index contributed by atoms with van der Waals surface area (Å²) in [5.41, 5.74) is 4.27. The van der Waals surface area contributed by atoms with E-state index in [0.717, 1.165) is 53.6 Å². The van der Waals surface area contributed by atoms with E-state index in [1.165, 1.54) is 0 Å². The van der Waals surface area contributed by atoms with Crippen molar-refractivity contribution in [2.75, 3.05) is 12.4 Å². The first-order chi connectivity index (χ1) is 19.0. The lowest BCUT2D eigenvalue weighted by Crippen LogP contribution is -2.39. The first-order valence-corrected chi connectivity index (χ1v) is 13.7. The molecule has 1 aliphatic rings. The monoisotopic (exact) mass is 542 g/mol. The Morgan fingerprint density at radius 3 is 2.23 bits per heavy atom. The van der Waals surface area contributed by atoms with Crippen LogP contribution < -0.4 is 10.6 Å². The van der Waals surface area contributed by atoms with Gasteiger partial charge in [-0.1, -0.05) is 54.6 Å². The van der Waals surface area contributed by atoms with Gasteiger partial charge in [0.1, 0.15) is 0 Å². The molecule has 0 bridgehead atoms. The molecule has 1 saturated carbocycles. The summed E-state index contributed by atoms with van der Waals surface area (Å²) in [5, 5.41) is 14.8. The summed E-state index contributed by atoms with van der Waals surface area (Å²) < 4.78 is 0. The second kappa shape index (κ2) is 12.3. The molecule has 1 heterocycles. The molecule has 0 aliphatic heterocycles. The van der Waals surface area contributed by atoms with Crippen molar-refractivity contribution in [2.45, 2.75) is 64.5 Å². The number of carboxylic acid groups (broad SMARTS) is 1. The molecular formula is C32H38N4O4. The number of carbonyl (C=O) groups excluding carboxylic acids is 2. The van der Waals surface area contributed by atoms with Crippen molar-refractivity contribution in [3.8, 4) is 22.4 Å². The van der Waals surface area contributed by atoms with Crippen LogP contribution in [0.3, 0.4) is 0 Å². The maximum Gasteiger partial charge on any atom is 0.405 e. The lowest BCUT2D eigenvalue weighted by Gasteiger charge is -2.34. The summed E-state index contributed by atoms with van der Waals surface area (Å²) in [6.07, 6.45) is 4.75. The molecule has 40 heavy (non-hydrogen) atoms. The normalized spacial score (nSPS) is 17.1. The third-order valence-electron chi connectivity index (χ3n) is 7.89. The molecule has 8 nitrogen and oxygen atoms in total. The Morgan fingerprint density at radius 2 is 1.62 bits per heavy atom. The molecule has 0 atom stereocenters. The number of hydrogen-bond donors (Lipinski definition) is 3. The van der Waals surface area contributed by atoms with E-state index < -0.39 is 11.6 Å². The van der Waals surface area contributed by atoms with Gasteiger partial charge in [-0.3, -0.25) is 14.6 Å². The van der Waals surface area contributed by atoms with E-state index in [1.807, 2.05) is 86.5 Å².